The number of hydrogen-bond donors (Lipinski definition) is 1. The van der Waals surface area contributed by atoms with Gasteiger partial charge in [0, 0.05) is 18.0 Å². The van der Waals surface area contributed by atoms with Crippen LogP contribution in [-0.4, -0.2) is 5.84 Å². The summed E-state index contributed by atoms with van der Waals surface area (Å²) in [5, 5.41) is 1.95. The highest BCUT2D eigenvalue weighted by atomic mass is 15.5. The molecule has 1 N–H and O–H groups in total. The van der Waals surface area contributed by atoms with Gasteiger partial charge in [-0.3, -0.25) is 10.4 Å². The van der Waals surface area contributed by atoms with Crippen LogP contribution in [0.2, 0.25) is 0 Å². The number of amidine groups is 1. The predicted molar refractivity (Wildman–Crippen MR) is 74.2 cm³/mol. The van der Waals surface area contributed by atoms with E-state index in [2.05, 4.69) is 10.4 Å². The number of benzene rings is 2. The van der Waals surface area contributed by atoms with Crippen molar-refractivity contribution >= 4 is 11.5 Å². The standard InChI is InChI=1S/C15H13N3/c1-3-7-13(8-4-1)15-16-11-12-18(17-15)14-9-5-2-6-10-14/h1-12H,(H,16,17). The Balaban J connectivity index is 1.85. The third kappa shape index (κ3) is 2.11. The van der Waals surface area contributed by atoms with Gasteiger partial charge in [-0.25, -0.2) is 4.99 Å². The molecule has 3 nitrogen and oxygen atoms in total. The van der Waals surface area contributed by atoms with Gasteiger partial charge in [-0.2, -0.15) is 0 Å². The maximum atomic E-state index is 4.36. The van der Waals surface area contributed by atoms with E-state index in [1.54, 1.807) is 6.20 Å². The van der Waals surface area contributed by atoms with Crippen LogP contribution in [-0.2, 0) is 0 Å². The van der Waals surface area contributed by atoms with Gasteiger partial charge in [0.05, 0.1) is 5.69 Å². The van der Waals surface area contributed by atoms with Crippen molar-refractivity contribution < 1.29 is 0 Å². The van der Waals surface area contributed by atoms with E-state index in [4.69, 9.17) is 0 Å². The first kappa shape index (κ1) is 10.6. The van der Waals surface area contributed by atoms with Gasteiger partial charge in [-0.15, -0.1) is 0 Å². The Kier molecular flexibility index (Phi) is 2.80. The summed E-state index contributed by atoms with van der Waals surface area (Å²) in [4.78, 5) is 4.36. The Labute approximate surface area is 106 Å². The second-order valence-corrected chi connectivity index (χ2v) is 3.96. The topological polar surface area (TPSA) is 27.6 Å². The van der Waals surface area contributed by atoms with Crippen molar-refractivity contribution in [1.82, 2.24) is 5.43 Å². The minimum Gasteiger partial charge on any atom is -0.277 e. The number of rotatable bonds is 2. The summed E-state index contributed by atoms with van der Waals surface area (Å²) in [5.41, 5.74) is 5.44. The smallest absolute Gasteiger partial charge is 0.152 e. The molecule has 0 spiro atoms. The first-order valence-electron chi connectivity index (χ1n) is 5.84. The highest BCUT2D eigenvalue weighted by Gasteiger charge is 2.10. The first-order chi connectivity index (χ1) is 8.93. The van der Waals surface area contributed by atoms with Crippen molar-refractivity contribution in [3.8, 4) is 0 Å². The molecule has 0 saturated heterocycles. The molecule has 18 heavy (non-hydrogen) atoms. The lowest BCUT2D eigenvalue weighted by Crippen LogP contribution is -2.40. The van der Waals surface area contributed by atoms with E-state index in [1.807, 2.05) is 71.9 Å². The third-order valence-electron chi connectivity index (χ3n) is 2.73. The normalized spacial score (nSPS) is 14.0. The van der Waals surface area contributed by atoms with E-state index in [0.717, 1.165) is 17.1 Å². The number of hydrazine groups is 1. The Morgan fingerprint density at radius 3 is 2.22 bits per heavy atom. The molecule has 0 bridgehead atoms. The molecule has 3 heteroatoms. The van der Waals surface area contributed by atoms with E-state index in [1.165, 1.54) is 0 Å². The summed E-state index contributed by atoms with van der Waals surface area (Å²) < 4.78 is 0. The monoisotopic (exact) mass is 235 g/mol. The lowest BCUT2D eigenvalue weighted by Gasteiger charge is -2.25. The molecule has 2 aromatic rings. The average molecular weight is 235 g/mol. The third-order valence-corrected chi connectivity index (χ3v) is 2.73. The largest absolute Gasteiger partial charge is 0.277 e. The maximum absolute atomic E-state index is 4.36. The maximum Gasteiger partial charge on any atom is 0.152 e. The summed E-state index contributed by atoms with van der Waals surface area (Å²) in [6, 6.07) is 20.2. The van der Waals surface area contributed by atoms with Crippen LogP contribution in [0.5, 0.6) is 0 Å². The van der Waals surface area contributed by atoms with E-state index < -0.39 is 0 Å². The van der Waals surface area contributed by atoms with Crippen LogP contribution in [0.25, 0.3) is 0 Å². The molecule has 1 aliphatic rings. The van der Waals surface area contributed by atoms with Crippen LogP contribution in [0.15, 0.2) is 78.1 Å². The van der Waals surface area contributed by atoms with E-state index in [-0.39, 0.29) is 0 Å². The van der Waals surface area contributed by atoms with Gasteiger partial charge in [0.2, 0.25) is 0 Å². The molecule has 88 valence electrons. The van der Waals surface area contributed by atoms with Crippen LogP contribution in [0.4, 0.5) is 5.69 Å². The number of aliphatic imine (C=N–C) groups is 1. The number of para-hydroxylation sites is 1. The van der Waals surface area contributed by atoms with Crippen LogP contribution in [0.3, 0.4) is 0 Å². The minimum absolute atomic E-state index is 0.849. The first-order valence-corrected chi connectivity index (χ1v) is 5.84. The molecular formula is C15H13N3. The number of anilines is 1. The molecule has 0 aliphatic carbocycles. The van der Waals surface area contributed by atoms with Crippen molar-refractivity contribution in [2.24, 2.45) is 4.99 Å². The molecule has 0 unspecified atom stereocenters. The zero-order valence-corrected chi connectivity index (χ0v) is 9.82. The fraction of sp³-hybridized carbons (Fsp3) is 0. The molecular weight excluding hydrogens is 222 g/mol. The number of hydrogen-bond acceptors (Lipinski definition) is 3. The molecule has 3 rings (SSSR count). The molecule has 0 amide bonds. The van der Waals surface area contributed by atoms with Crippen LogP contribution < -0.4 is 10.4 Å². The molecule has 0 saturated carbocycles. The minimum atomic E-state index is 0.849. The SMILES string of the molecule is C1=CN(c2ccccc2)NC(c2ccccc2)=N1. The average Bonchev–Trinajstić information content (AvgIpc) is 2.49. The Bertz CT molecular complexity index is 573. The van der Waals surface area contributed by atoms with Gasteiger partial charge in [0.25, 0.3) is 0 Å². The van der Waals surface area contributed by atoms with Crippen LogP contribution in [0, 0.1) is 0 Å². The second kappa shape index (κ2) is 4.75. The molecule has 1 heterocycles. The molecule has 0 aromatic heterocycles. The Morgan fingerprint density at radius 2 is 1.50 bits per heavy atom. The lowest BCUT2D eigenvalue weighted by molar-refractivity contribution is 0.903. The summed E-state index contributed by atoms with van der Waals surface area (Å²) in [5.74, 6) is 0.849. The van der Waals surface area contributed by atoms with Crippen molar-refractivity contribution in [2.75, 3.05) is 5.01 Å². The summed E-state index contributed by atoms with van der Waals surface area (Å²) >= 11 is 0. The van der Waals surface area contributed by atoms with Gasteiger partial charge < -0.3 is 0 Å². The van der Waals surface area contributed by atoms with Crippen molar-refractivity contribution in [1.29, 1.82) is 0 Å². The van der Waals surface area contributed by atoms with Crippen molar-refractivity contribution in [3.05, 3.63) is 78.6 Å². The number of nitrogens with zero attached hydrogens (tertiary/aromatic N) is 2. The zero-order chi connectivity index (χ0) is 12.2. The van der Waals surface area contributed by atoms with Gasteiger partial charge in [-0.05, 0) is 12.1 Å². The number of nitrogens with one attached hydrogen (secondary N) is 1. The predicted octanol–water partition coefficient (Wildman–Crippen LogP) is 2.93. The van der Waals surface area contributed by atoms with Gasteiger partial charge >= 0.3 is 0 Å². The van der Waals surface area contributed by atoms with Crippen LogP contribution in [0.1, 0.15) is 5.56 Å². The Hall–Kier alpha value is -2.55. The van der Waals surface area contributed by atoms with Gasteiger partial charge in [0.1, 0.15) is 0 Å². The highest BCUT2D eigenvalue weighted by Crippen LogP contribution is 2.14. The van der Waals surface area contributed by atoms with Crippen LogP contribution >= 0.6 is 0 Å². The van der Waals surface area contributed by atoms with E-state index >= 15 is 0 Å². The van der Waals surface area contributed by atoms with E-state index in [9.17, 15) is 0 Å². The summed E-state index contributed by atoms with van der Waals surface area (Å²) in [6.07, 6.45) is 3.70. The lowest BCUT2D eigenvalue weighted by atomic mass is 10.2. The molecule has 1 aliphatic heterocycles. The molecule has 2 aromatic carbocycles. The van der Waals surface area contributed by atoms with Gasteiger partial charge in [-0.1, -0.05) is 48.5 Å². The zero-order valence-electron chi connectivity index (χ0n) is 9.82. The van der Waals surface area contributed by atoms with Crippen molar-refractivity contribution in [3.63, 3.8) is 0 Å². The highest BCUT2D eigenvalue weighted by molar-refractivity contribution is 6.00. The van der Waals surface area contributed by atoms with Crippen molar-refractivity contribution in [2.45, 2.75) is 0 Å². The summed E-state index contributed by atoms with van der Waals surface area (Å²) in [6.45, 7) is 0. The fourth-order valence-corrected chi connectivity index (χ4v) is 1.83. The van der Waals surface area contributed by atoms with E-state index in [0.29, 0.717) is 0 Å². The molecule has 0 fully saturated rings. The molecule has 0 radical (unpaired) electrons. The molecule has 0 atom stereocenters. The Morgan fingerprint density at radius 1 is 0.833 bits per heavy atom. The fourth-order valence-electron chi connectivity index (χ4n) is 1.83. The quantitative estimate of drug-likeness (QED) is 0.866. The second-order valence-electron chi connectivity index (χ2n) is 3.96. The van der Waals surface area contributed by atoms with Gasteiger partial charge in [0.15, 0.2) is 5.84 Å². The summed E-state index contributed by atoms with van der Waals surface area (Å²) in [7, 11) is 0.